The van der Waals surface area contributed by atoms with Gasteiger partial charge in [0.15, 0.2) is 0 Å². The largest absolute Gasteiger partial charge is 0.481 e. The van der Waals surface area contributed by atoms with E-state index in [0.29, 0.717) is 21.8 Å². The zero-order chi connectivity index (χ0) is 21.3. The zero-order valence-electron chi connectivity index (χ0n) is 16.4. The summed E-state index contributed by atoms with van der Waals surface area (Å²) in [6.45, 7) is 3.23. The van der Waals surface area contributed by atoms with Crippen LogP contribution in [0.15, 0.2) is 42.5 Å². The van der Waals surface area contributed by atoms with E-state index in [-0.39, 0.29) is 12.5 Å². The van der Waals surface area contributed by atoms with E-state index in [1.807, 2.05) is 19.1 Å². The van der Waals surface area contributed by atoms with Gasteiger partial charge in [-0.05, 0) is 42.7 Å². The Balaban J connectivity index is 1.85. The highest BCUT2D eigenvalue weighted by molar-refractivity contribution is 6.36. The molecule has 0 saturated heterocycles. The number of nitrogens with zero attached hydrogens (tertiary/aromatic N) is 1. The Bertz CT molecular complexity index is 1070. The summed E-state index contributed by atoms with van der Waals surface area (Å²) in [6, 6.07) is 11.8. The average molecular weight is 415 g/mol. The molecule has 7 heteroatoms. The second kappa shape index (κ2) is 8.27. The molecule has 1 aromatic heterocycles. The molecular weight excluding hydrogens is 392 g/mol. The number of halogens is 1. The molecule has 0 aliphatic heterocycles. The molecular formula is C22H23ClN2O4. The lowest BCUT2D eigenvalue weighted by Crippen LogP contribution is -2.32. The number of carboxylic acid groups (broad SMARTS) is 1. The fraction of sp³-hybridized carbons (Fsp3) is 0.273. The zero-order valence-corrected chi connectivity index (χ0v) is 17.2. The van der Waals surface area contributed by atoms with Crippen molar-refractivity contribution >= 4 is 34.4 Å². The summed E-state index contributed by atoms with van der Waals surface area (Å²) >= 11 is 6.38. The van der Waals surface area contributed by atoms with E-state index in [1.54, 1.807) is 48.9 Å². The lowest BCUT2D eigenvalue weighted by molar-refractivity contribution is -0.138. The average Bonchev–Trinajstić information content (AvgIpc) is 3.05. The van der Waals surface area contributed by atoms with Crippen LogP contribution in [0.2, 0.25) is 5.02 Å². The van der Waals surface area contributed by atoms with Crippen LogP contribution in [0.5, 0.6) is 0 Å². The molecule has 0 saturated carbocycles. The van der Waals surface area contributed by atoms with Gasteiger partial charge in [-0.1, -0.05) is 41.9 Å². The number of aliphatic hydroxyl groups excluding tert-OH is 1. The maximum atomic E-state index is 12.9. The van der Waals surface area contributed by atoms with Crippen molar-refractivity contribution in [3.8, 4) is 0 Å². The first kappa shape index (κ1) is 20.9. The maximum Gasteiger partial charge on any atom is 0.310 e. The lowest BCUT2D eigenvalue weighted by atomic mass is 9.98. The van der Waals surface area contributed by atoms with E-state index in [1.165, 1.54) is 0 Å². The van der Waals surface area contributed by atoms with Crippen LogP contribution in [-0.4, -0.2) is 33.3 Å². The van der Waals surface area contributed by atoms with Crippen LogP contribution in [0, 0.1) is 6.92 Å². The lowest BCUT2D eigenvalue weighted by Gasteiger charge is -2.18. The van der Waals surface area contributed by atoms with Gasteiger partial charge in [0.05, 0.1) is 23.6 Å². The number of hydrogen-bond donors (Lipinski definition) is 3. The Kier molecular flexibility index (Phi) is 5.96. The van der Waals surface area contributed by atoms with Crippen LogP contribution in [0.4, 0.5) is 0 Å². The summed E-state index contributed by atoms with van der Waals surface area (Å²) in [4.78, 5) is 24.0. The fourth-order valence-electron chi connectivity index (χ4n) is 3.33. The summed E-state index contributed by atoms with van der Waals surface area (Å²) in [5.74, 6) is -1.87. The second-order valence-electron chi connectivity index (χ2n) is 7.15. The van der Waals surface area contributed by atoms with Crippen molar-refractivity contribution in [1.82, 2.24) is 9.88 Å². The summed E-state index contributed by atoms with van der Waals surface area (Å²) in [6.07, 6.45) is 0. The van der Waals surface area contributed by atoms with Crippen molar-refractivity contribution in [1.29, 1.82) is 0 Å². The number of aliphatic hydroxyl groups is 1. The highest BCUT2D eigenvalue weighted by Crippen LogP contribution is 2.29. The fourth-order valence-corrected chi connectivity index (χ4v) is 3.54. The normalized spacial score (nSPS) is 13.3. The first-order chi connectivity index (χ1) is 13.7. The molecule has 29 heavy (non-hydrogen) atoms. The number of nitrogens with one attached hydrogen (secondary N) is 1. The van der Waals surface area contributed by atoms with Gasteiger partial charge in [0.2, 0.25) is 0 Å². The second-order valence-corrected chi connectivity index (χ2v) is 7.53. The Labute approximate surface area is 173 Å². The third-order valence-electron chi connectivity index (χ3n) is 5.28. The van der Waals surface area contributed by atoms with Gasteiger partial charge < -0.3 is 20.1 Å². The highest BCUT2D eigenvalue weighted by Gasteiger charge is 2.20. The molecule has 6 nitrogen and oxygen atoms in total. The molecule has 0 aliphatic carbocycles. The number of aromatic nitrogens is 1. The third-order valence-corrected chi connectivity index (χ3v) is 5.79. The van der Waals surface area contributed by atoms with E-state index < -0.39 is 17.9 Å². The number of benzene rings is 2. The monoisotopic (exact) mass is 414 g/mol. The number of fused-ring (bicyclic) bond motifs is 1. The smallest absolute Gasteiger partial charge is 0.310 e. The van der Waals surface area contributed by atoms with Gasteiger partial charge in [0, 0.05) is 18.0 Å². The maximum absolute atomic E-state index is 12.9. The quantitative estimate of drug-likeness (QED) is 0.572. The predicted octanol–water partition coefficient (Wildman–Crippen LogP) is 3.79. The minimum Gasteiger partial charge on any atom is -0.481 e. The third kappa shape index (κ3) is 3.99. The van der Waals surface area contributed by atoms with Crippen LogP contribution in [0.1, 0.15) is 46.1 Å². The SMILES string of the molecule is Cc1ccc2c(cc(C(=O)N[C@H](CO)c3ccc(C(C)C(=O)O)cc3)n2C)c1Cl. The van der Waals surface area contributed by atoms with Crippen molar-refractivity contribution in [3.63, 3.8) is 0 Å². The number of hydrogen-bond acceptors (Lipinski definition) is 3. The summed E-state index contributed by atoms with van der Waals surface area (Å²) in [7, 11) is 1.79. The van der Waals surface area contributed by atoms with E-state index in [0.717, 1.165) is 16.5 Å². The van der Waals surface area contributed by atoms with Crippen molar-refractivity contribution in [2.75, 3.05) is 6.61 Å². The molecule has 1 unspecified atom stereocenters. The van der Waals surface area contributed by atoms with Gasteiger partial charge in [0.1, 0.15) is 5.69 Å². The van der Waals surface area contributed by atoms with Gasteiger partial charge in [-0.3, -0.25) is 9.59 Å². The topological polar surface area (TPSA) is 91.6 Å². The molecule has 152 valence electrons. The van der Waals surface area contributed by atoms with Gasteiger partial charge >= 0.3 is 5.97 Å². The number of rotatable bonds is 6. The standard InChI is InChI=1S/C22H23ClN2O4/c1-12-4-9-18-16(20(12)23)10-19(25(18)3)21(27)24-17(11-26)15-7-5-14(6-8-15)13(2)22(28)29/h4-10,13,17,26H,11H2,1-3H3,(H,24,27)(H,28,29)/t13?,17-/m1/s1. The highest BCUT2D eigenvalue weighted by atomic mass is 35.5. The number of carbonyl (C=O) groups excluding carboxylic acids is 1. The van der Waals surface area contributed by atoms with Crippen molar-refractivity contribution in [3.05, 3.63) is 69.9 Å². The van der Waals surface area contributed by atoms with E-state index in [9.17, 15) is 14.7 Å². The molecule has 0 fully saturated rings. The van der Waals surface area contributed by atoms with Gasteiger partial charge in [0.25, 0.3) is 5.91 Å². The van der Waals surface area contributed by atoms with E-state index >= 15 is 0 Å². The molecule has 1 heterocycles. The summed E-state index contributed by atoms with van der Waals surface area (Å²) in [5.41, 5.74) is 3.55. The minimum atomic E-state index is -0.908. The van der Waals surface area contributed by atoms with Crippen LogP contribution < -0.4 is 5.32 Å². The molecule has 3 rings (SSSR count). The molecule has 2 atom stereocenters. The molecule has 0 bridgehead atoms. The van der Waals surface area contributed by atoms with Gasteiger partial charge in [-0.15, -0.1) is 0 Å². The molecule has 0 aliphatic rings. The van der Waals surface area contributed by atoms with E-state index in [2.05, 4.69) is 5.32 Å². The Hall–Kier alpha value is -2.83. The van der Waals surface area contributed by atoms with Crippen molar-refractivity contribution in [2.45, 2.75) is 25.8 Å². The Morgan fingerprint density at radius 3 is 2.34 bits per heavy atom. The van der Waals surface area contributed by atoms with Crippen LogP contribution in [0.25, 0.3) is 10.9 Å². The summed E-state index contributed by atoms with van der Waals surface area (Å²) < 4.78 is 1.77. The number of carboxylic acids is 1. The molecule has 3 aromatic rings. The predicted molar refractivity (Wildman–Crippen MR) is 112 cm³/mol. The number of aryl methyl sites for hydroxylation is 2. The van der Waals surface area contributed by atoms with Gasteiger partial charge in [-0.25, -0.2) is 0 Å². The molecule has 0 spiro atoms. The Morgan fingerprint density at radius 1 is 1.14 bits per heavy atom. The first-order valence-electron chi connectivity index (χ1n) is 9.23. The van der Waals surface area contributed by atoms with E-state index in [4.69, 9.17) is 16.7 Å². The van der Waals surface area contributed by atoms with Crippen LogP contribution in [0.3, 0.4) is 0 Å². The minimum absolute atomic E-state index is 0.288. The molecule has 2 aromatic carbocycles. The number of carbonyl (C=O) groups is 2. The number of aliphatic carboxylic acids is 1. The van der Waals surface area contributed by atoms with Crippen molar-refractivity contribution < 1.29 is 19.8 Å². The molecule has 1 amide bonds. The number of amides is 1. The Morgan fingerprint density at radius 2 is 1.76 bits per heavy atom. The van der Waals surface area contributed by atoms with Crippen molar-refractivity contribution in [2.24, 2.45) is 7.05 Å². The first-order valence-corrected chi connectivity index (χ1v) is 9.61. The molecule has 3 N–H and O–H groups in total. The van der Waals surface area contributed by atoms with Crippen LogP contribution >= 0.6 is 11.6 Å². The van der Waals surface area contributed by atoms with Gasteiger partial charge in [-0.2, -0.15) is 0 Å². The molecule has 0 radical (unpaired) electrons. The summed E-state index contributed by atoms with van der Waals surface area (Å²) in [5, 5.41) is 23.2. The van der Waals surface area contributed by atoms with Crippen LogP contribution in [-0.2, 0) is 11.8 Å².